The summed E-state index contributed by atoms with van der Waals surface area (Å²) in [5.41, 5.74) is 1.98. The first kappa shape index (κ1) is 18.6. The summed E-state index contributed by atoms with van der Waals surface area (Å²) < 4.78 is 36.5. The molecule has 1 N–H and O–H groups in total. The molecule has 0 unspecified atom stereocenters. The summed E-state index contributed by atoms with van der Waals surface area (Å²) in [5.74, 6) is 1.34. The molecule has 1 fully saturated rings. The van der Waals surface area contributed by atoms with Crippen LogP contribution in [0.5, 0.6) is 11.5 Å². The Kier molecular flexibility index (Phi) is 4.89. The Bertz CT molecular complexity index is 988. The molecule has 2 aliphatic rings. The van der Waals surface area contributed by atoms with Crippen molar-refractivity contribution in [2.45, 2.75) is 19.4 Å². The van der Waals surface area contributed by atoms with Gasteiger partial charge in [0.2, 0.25) is 10.0 Å². The van der Waals surface area contributed by atoms with E-state index in [0.717, 1.165) is 5.56 Å². The first-order valence-electron chi connectivity index (χ1n) is 9.25. The normalized spacial score (nSPS) is 18.5. The first-order valence-corrected chi connectivity index (χ1v) is 10.9. The van der Waals surface area contributed by atoms with Gasteiger partial charge in [-0.2, -0.15) is 0 Å². The standard InChI is InChI=1S/C20H22N2O5S/c1-14(16-5-8-18-19(13-16)27-11-10-26-18)21-20(23)15-3-6-17(7-4-15)22-9-2-12-28(22,24)25/h3-8,13-14H,2,9-12H2,1H3,(H,21,23)/t14-/m1/s1. The van der Waals surface area contributed by atoms with Crippen LogP contribution in [-0.2, 0) is 10.0 Å². The molecule has 2 heterocycles. The molecule has 0 aliphatic carbocycles. The number of hydrogen-bond donors (Lipinski definition) is 1. The minimum Gasteiger partial charge on any atom is -0.486 e. The molecule has 1 saturated heterocycles. The quantitative estimate of drug-likeness (QED) is 0.849. The molecule has 7 nitrogen and oxygen atoms in total. The lowest BCUT2D eigenvalue weighted by Crippen LogP contribution is -2.27. The molecule has 1 amide bonds. The molecule has 2 aliphatic heterocycles. The number of carbonyl (C=O) groups excluding carboxylic acids is 1. The van der Waals surface area contributed by atoms with Crippen molar-refractivity contribution in [1.29, 1.82) is 0 Å². The van der Waals surface area contributed by atoms with Gasteiger partial charge in [-0.3, -0.25) is 9.10 Å². The largest absolute Gasteiger partial charge is 0.486 e. The molecule has 28 heavy (non-hydrogen) atoms. The monoisotopic (exact) mass is 402 g/mol. The predicted octanol–water partition coefficient (Wildman–Crippen LogP) is 2.49. The zero-order chi connectivity index (χ0) is 19.7. The van der Waals surface area contributed by atoms with Gasteiger partial charge < -0.3 is 14.8 Å². The van der Waals surface area contributed by atoms with Gasteiger partial charge in [0.05, 0.1) is 17.5 Å². The van der Waals surface area contributed by atoms with Crippen molar-refractivity contribution >= 4 is 21.6 Å². The lowest BCUT2D eigenvalue weighted by atomic mass is 10.1. The van der Waals surface area contributed by atoms with E-state index >= 15 is 0 Å². The molecule has 8 heteroatoms. The van der Waals surface area contributed by atoms with Crippen molar-refractivity contribution < 1.29 is 22.7 Å². The molecule has 2 aromatic carbocycles. The van der Waals surface area contributed by atoms with Crippen LogP contribution < -0.4 is 19.1 Å². The maximum absolute atomic E-state index is 12.6. The van der Waals surface area contributed by atoms with Gasteiger partial charge in [-0.05, 0) is 55.3 Å². The second kappa shape index (κ2) is 7.35. The van der Waals surface area contributed by atoms with Crippen molar-refractivity contribution in [2.75, 3.05) is 29.8 Å². The molecular weight excluding hydrogens is 380 g/mol. The SMILES string of the molecule is C[C@@H](NC(=O)c1ccc(N2CCCS2(=O)=O)cc1)c1ccc2c(c1)OCCO2. The number of benzene rings is 2. The summed E-state index contributed by atoms with van der Waals surface area (Å²) in [6, 6.07) is 12.0. The summed E-state index contributed by atoms with van der Waals surface area (Å²) in [6.07, 6.45) is 0.623. The minimum absolute atomic E-state index is 0.169. The Labute approximate surface area is 164 Å². The topological polar surface area (TPSA) is 84.9 Å². The van der Waals surface area contributed by atoms with Crippen LogP contribution in [0.2, 0.25) is 0 Å². The van der Waals surface area contributed by atoms with Gasteiger partial charge in [-0.25, -0.2) is 8.42 Å². The van der Waals surface area contributed by atoms with Gasteiger partial charge in [0.1, 0.15) is 13.2 Å². The second-order valence-electron chi connectivity index (χ2n) is 6.89. The fourth-order valence-electron chi connectivity index (χ4n) is 3.40. The smallest absolute Gasteiger partial charge is 0.251 e. The molecule has 4 rings (SSSR count). The van der Waals surface area contributed by atoms with Crippen LogP contribution in [0, 0.1) is 0 Å². The molecule has 0 bridgehead atoms. The summed E-state index contributed by atoms with van der Waals surface area (Å²) in [7, 11) is -3.23. The summed E-state index contributed by atoms with van der Waals surface area (Å²) in [5, 5.41) is 2.96. The van der Waals surface area contributed by atoms with E-state index in [-0.39, 0.29) is 17.7 Å². The Balaban J connectivity index is 1.45. The van der Waals surface area contributed by atoms with E-state index in [4.69, 9.17) is 9.47 Å². The lowest BCUT2D eigenvalue weighted by molar-refractivity contribution is 0.0939. The highest BCUT2D eigenvalue weighted by Gasteiger charge is 2.28. The van der Waals surface area contributed by atoms with Crippen molar-refractivity contribution in [3.05, 3.63) is 53.6 Å². The van der Waals surface area contributed by atoms with Crippen LogP contribution in [-0.4, -0.2) is 39.8 Å². The zero-order valence-corrected chi connectivity index (χ0v) is 16.4. The fourth-order valence-corrected chi connectivity index (χ4v) is 4.97. The van der Waals surface area contributed by atoms with Crippen LogP contribution in [0.25, 0.3) is 0 Å². The van der Waals surface area contributed by atoms with Crippen molar-refractivity contribution in [1.82, 2.24) is 5.32 Å². The van der Waals surface area contributed by atoms with Crippen LogP contribution in [0.3, 0.4) is 0 Å². The van der Waals surface area contributed by atoms with Gasteiger partial charge in [0.25, 0.3) is 5.91 Å². The maximum Gasteiger partial charge on any atom is 0.251 e. The van der Waals surface area contributed by atoms with Crippen LogP contribution >= 0.6 is 0 Å². The molecule has 2 aromatic rings. The minimum atomic E-state index is -3.23. The van der Waals surface area contributed by atoms with E-state index in [1.165, 1.54) is 4.31 Å². The van der Waals surface area contributed by atoms with Gasteiger partial charge in [-0.15, -0.1) is 0 Å². The molecule has 0 spiro atoms. The number of nitrogens with zero attached hydrogens (tertiary/aromatic N) is 1. The highest BCUT2D eigenvalue weighted by atomic mass is 32.2. The number of nitrogens with one attached hydrogen (secondary N) is 1. The van der Waals surface area contributed by atoms with Gasteiger partial charge in [-0.1, -0.05) is 6.07 Å². The van der Waals surface area contributed by atoms with Crippen LogP contribution in [0.1, 0.15) is 35.3 Å². The van der Waals surface area contributed by atoms with Crippen molar-refractivity contribution in [3.63, 3.8) is 0 Å². The van der Waals surface area contributed by atoms with E-state index in [2.05, 4.69) is 5.32 Å². The van der Waals surface area contributed by atoms with E-state index < -0.39 is 10.0 Å². The Hall–Kier alpha value is -2.74. The number of amides is 1. The molecule has 1 atom stereocenters. The van der Waals surface area contributed by atoms with Gasteiger partial charge in [0, 0.05) is 12.1 Å². The predicted molar refractivity (Wildman–Crippen MR) is 106 cm³/mol. The van der Waals surface area contributed by atoms with Crippen LogP contribution in [0.15, 0.2) is 42.5 Å². The highest BCUT2D eigenvalue weighted by Crippen LogP contribution is 2.32. The van der Waals surface area contributed by atoms with Crippen molar-refractivity contribution in [3.8, 4) is 11.5 Å². The third-order valence-electron chi connectivity index (χ3n) is 4.93. The average Bonchev–Trinajstić information content (AvgIpc) is 3.06. The Morgan fingerprint density at radius 3 is 2.46 bits per heavy atom. The second-order valence-corrected chi connectivity index (χ2v) is 8.90. The van der Waals surface area contributed by atoms with E-state index in [0.29, 0.717) is 48.9 Å². The van der Waals surface area contributed by atoms with E-state index in [9.17, 15) is 13.2 Å². The molecule has 0 aromatic heterocycles. The average molecular weight is 402 g/mol. The number of rotatable bonds is 4. The fraction of sp³-hybridized carbons (Fsp3) is 0.350. The summed E-state index contributed by atoms with van der Waals surface area (Å²) >= 11 is 0. The Morgan fingerprint density at radius 1 is 1.07 bits per heavy atom. The number of anilines is 1. The number of ether oxygens (including phenoxy) is 2. The molecule has 0 radical (unpaired) electrons. The lowest BCUT2D eigenvalue weighted by Gasteiger charge is -2.21. The molecule has 148 valence electrons. The molecule has 0 saturated carbocycles. The van der Waals surface area contributed by atoms with Crippen LogP contribution in [0.4, 0.5) is 5.69 Å². The highest BCUT2D eigenvalue weighted by molar-refractivity contribution is 7.93. The van der Waals surface area contributed by atoms with Gasteiger partial charge >= 0.3 is 0 Å². The zero-order valence-electron chi connectivity index (χ0n) is 15.6. The third kappa shape index (κ3) is 3.64. The number of carbonyl (C=O) groups is 1. The van der Waals surface area contributed by atoms with E-state index in [1.807, 2.05) is 25.1 Å². The summed E-state index contributed by atoms with van der Waals surface area (Å²) in [6.45, 7) is 3.42. The van der Waals surface area contributed by atoms with Gasteiger partial charge in [0.15, 0.2) is 11.5 Å². The van der Waals surface area contributed by atoms with E-state index in [1.54, 1.807) is 24.3 Å². The number of sulfonamides is 1. The third-order valence-corrected chi connectivity index (χ3v) is 6.80. The number of fused-ring (bicyclic) bond motifs is 1. The maximum atomic E-state index is 12.6. The molecular formula is C20H22N2O5S. The van der Waals surface area contributed by atoms with Crippen molar-refractivity contribution in [2.24, 2.45) is 0 Å². The number of hydrogen-bond acceptors (Lipinski definition) is 5. The Morgan fingerprint density at radius 2 is 1.79 bits per heavy atom. The first-order chi connectivity index (χ1) is 13.4. The summed E-state index contributed by atoms with van der Waals surface area (Å²) in [4.78, 5) is 12.6.